The number of nitrogens with zero attached hydrogens (tertiary/aromatic N) is 5. The molecule has 1 saturated carbocycles. The van der Waals surface area contributed by atoms with Gasteiger partial charge in [0, 0.05) is 68.8 Å². The molecule has 6 rings (SSSR count). The van der Waals surface area contributed by atoms with Crippen molar-refractivity contribution in [3.63, 3.8) is 0 Å². The van der Waals surface area contributed by atoms with Crippen molar-refractivity contribution in [1.29, 1.82) is 0 Å². The van der Waals surface area contributed by atoms with Crippen molar-refractivity contribution in [2.24, 2.45) is 17.8 Å². The van der Waals surface area contributed by atoms with Gasteiger partial charge < -0.3 is 9.47 Å². The van der Waals surface area contributed by atoms with Crippen LogP contribution in [0.25, 0.3) is 0 Å². The SMILES string of the molecule is O=C(Cn1cccn1)N1C[C@@H]2C[C@H](C1)c1ccc(CN3C[C@H]4CCC[C@H]4C3)c(=O)n1C2. The van der Waals surface area contributed by atoms with Crippen LogP contribution in [0.4, 0.5) is 0 Å². The lowest BCUT2D eigenvalue weighted by atomic mass is 9.83. The Labute approximate surface area is 182 Å². The molecule has 164 valence electrons. The number of piperidine rings is 1. The van der Waals surface area contributed by atoms with Gasteiger partial charge in [-0.15, -0.1) is 0 Å². The van der Waals surface area contributed by atoms with Gasteiger partial charge in [0.1, 0.15) is 6.54 Å². The number of hydrogen-bond donors (Lipinski definition) is 0. The number of hydrogen-bond acceptors (Lipinski definition) is 4. The van der Waals surface area contributed by atoms with Crippen molar-refractivity contribution in [2.45, 2.75) is 51.2 Å². The normalized spacial score (nSPS) is 29.7. The molecule has 7 heteroatoms. The van der Waals surface area contributed by atoms with Gasteiger partial charge in [-0.3, -0.25) is 19.2 Å². The van der Waals surface area contributed by atoms with Crippen LogP contribution in [0.2, 0.25) is 0 Å². The summed E-state index contributed by atoms with van der Waals surface area (Å²) in [6, 6.07) is 6.07. The Balaban J connectivity index is 1.18. The second-order valence-corrected chi connectivity index (χ2v) is 10.1. The average molecular weight is 422 g/mol. The monoisotopic (exact) mass is 421 g/mol. The van der Waals surface area contributed by atoms with E-state index in [-0.39, 0.29) is 23.9 Å². The smallest absolute Gasteiger partial charge is 0.255 e. The summed E-state index contributed by atoms with van der Waals surface area (Å²) in [5, 5.41) is 4.16. The first-order valence-electron chi connectivity index (χ1n) is 11.8. The van der Waals surface area contributed by atoms with E-state index in [0.717, 1.165) is 62.2 Å². The first-order valence-corrected chi connectivity index (χ1v) is 11.8. The zero-order chi connectivity index (χ0) is 20.9. The van der Waals surface area contributed by atoms with Crippen LogP contribution < -0.4 is 5.56 Å². The summed E-state index contributed by atoms with van der Waals surface area (Å²) in [4.78, 5) is 30.6. The minimum atomic E-state index is 0.116. The Morgan fingerprint density at radius 2 is 1.90 bits per heavy atom. The lowest BCUT2D eigenvalue weighted by molar-refractivity contribution is -0.134. The lowest BCUT2D eigenvalue weighted by Crippen LogP contribution is -2.50. The summed E-state index contributed by atoms with van der Waals surface area (Å²) in [5.74, 6) is 2.43. The van der Waals surface area contributed by atoms with Crippen molar-refractivity contribution in [3.8, 4) is 0 Å². The standard InChI is InChI=1S/C24H31N5O2/c30-23(16-28-8-2-7-25-28)27-10-17-9-21(15-27)22-6-5-20(24(31)29(22)11-17)14-26-12-18-3-1-4-19(18)13-26/h2,5-8,17-19,21H,1,3-4,9-16H2/t17-,18-,19+,21+/m0/s1. The topological polar surface area (TPSA) is 63.4 Å². The van der Waals surface area contributed by atoms with Crippen LogP contribution in [-0.4, -0.2) is 56.2 Å². The van der Waals surface area contributed by atoms with Gasteiger partial charge in [-0.25, -0.2) is 0 Å². The van der Waals surface area contributed by atoms with Gasteiger partial charge in [0.15, 0.2) is 0 Å². The van der Waals surface area contributed by atoms with Gasteiger partial charge in [-0.2, -0.15) is 5.10 Å². The number of aromatic nitrogens is 3. The fraction of sp³-hybridized carbons (Fsp3) is 0.625. The van der Waals surface area contributed by atoms with Crippen molar-refractivity contribution >= 4 is 5.91 Å². The second kappa shape index (κ2) is 7.62. The highest BCUT2D eigenvalue weighted by atomic mass is 16.2. The molecule has 5 heterocycles. The third kappa shape index (κ3) is 3.53. The summed E-state index contributed by atoms with van der Waals surface area (Å²) in [7, 11) is 0. The molecule has 2 bridgehead atoms. The van der Waals surface area contributed by atoms with E-state index in [1.807, 2.05) is 21.7 Å². The summed E-state index contributed by atoms with van der Waals surface area (Å²) in [5.41, 5.74) is 2.25. The number of fused-ring (bicyclic) bond motifs is 5. The number of carbonyl (C=O) groups is 1. The summed E-state index contributed by atoms with van der Waals surface area (Å²) in [6.07, 6.45) is 8.71. The van der Waals surface area contributed by atoms with E-state index in [4.69, 9.17) is 0 Å². The minimum absolute atomic E-state index is 0.116. The van der Waals surface area contributed by atoms with E-state index in [2.05, 4.69) is 22.1 Å². The third-order valence-corrected chi connectivity index (χ3v) is 8.09. The molecule has 0 aromatic carbocycles. The number of likely N-dealkylation sites (tertiary alicyclic amines) is 2. The highest BCUT2D eigenvalue weighted by Crippen LogP contribution is 2.38. The number of carbonyl (C=O) groups excluding carboxylic acids is 1. The van der Waals surface area contributed by atoms with Crippen molar-refractivity contribution in [3.05, 3.63) is 52.2 Å². The molecule has 2 saturated heterocycles. The van der Waals surface area contributed by atoms with Crippen LogP contribution in [-0.2, 0) is 24.4 Å². The van der Waals surface area contributed by atoms with Crippen LogP contribution in [0, 0.1) is 17.8 Å². The molecule has 1 amide bonds. The Morgan fingerprint density at radius 1 is 1.06 bits per heavy atom. The summed E-state index contributed by atoms with van der Waals surface area (Å²) < 4.78 is 3.71. The van der Waals surface area contributed by atoms with E-state index in [1.165, 1.54) is 19.3 Å². The van der Waals surface area contributed by atoms with Gasteiger partial charge in [0.2, 0.25) is 5.91 Å². The van der Waals surface area contributed by atoms with E-state index in [1.54, 1.807) is 10.9 Å². The van der Waals surface area contributed by atoms with Crippen molar-refractivity contribution in [1.82, 2.24) is 24.1 Å². The van der Waals surface area contributed by atoms with Gasteiger partial charge in [-0.05, 0) is 49.1 Å². The van der Waals surface area contributed by atoms with Crippen molar-refractivity contribution in [2.75, 3.05) is 26.2 Å². The predicted molar refractivity (Wildman–Crippen MR) is 116 cm³/mol. The van der Waals surface area contributed by atoms with Crippen LogP contribution in [0.5, 0.6) is 0 Å². The Bertz CT molecular complexity index is 1020. The van der Waals surface area contributed by atoms with Gasteiger partial charge in [0.25, 0.3) is 5.56 Å². The molecule has 7 nitrogen and oxygen atoms in total. The lowest BCUT2D eigenvalue weighted by Gasteiger charge is -2.43. The summed E-state index contributed by atoms with van der Waals surface area (Å²) >= 11 is 0. The maximum Gasteiger partial charge on any atom is 0.255 e. The zero-order valence-corrected chi connectivity index (χ0v) is 18.0. The Kier molecular flexibility index (Phi) is 4.74. The molecule has 3 aliphatic heterocycles. The van der Waals surface area contributed by atoms with Gasteiger partial charge in [-0.1, -0.05) is 12.5 Å². The maximum absolute atomic E-state index is 13.4. The first kappa shape index (κ1) is 19.3. The Morgan fingerprint density at radius 3 is 2.68 bits per heavy atom. The first-order chi connectivity index (χ1) is 15.1. The number of amides is 1. The molecule has 2 aromatic rings. The maximum atomic E-state index is 13.4. The fourth-order valence-corrected chi connectivity index (χ4v) is 6.65. The van der Waals surface area contributed by atoms with E-state index < -0.39 is 0 Å². The molecule has 31 heavy (non-hydrogen) atoms. The molecule has 4 atom stereocenters. The second-order valence-electron chi connectivity index (χ2n) is 10.1. The van der Waals surface area contributed by atoms with Crippen LogP contribution in [0.3, 0.4) is 0 Å². The van der Waals surface area contributed by atoms with Gasteiger partial charge >= 0.3 is 0 Å². The summed E-state index contributed by atoms with van der Waals surface area (Å²) in [6.45, 7) is 5.56. The largest absolute Gasteiger partial charge is 0.340 e. The zero-order valence-electron chi connectivity index (χ0n) is 18.0. The fourth-order valence-electron chi connectivity index (χ4n) is 6.65. The molecular formula is C24H31N5O2. The van der Waals surface area contributed by atoms with Crippen molar-refractivity contribution < 1.29 is 4.79 Å². The van der Waals surface area contributed by atoms with Crippen LogP contribution >= 0.6 is 0 Å². The molecule has 0 radical (unpaired) electrons. The highest BCUT2D eigenvalue weighted by Gasteiger charge is 2.38. The molecule has 0 N–H and O–H groups in total. The van der Waals surface area contributed by atoms with E-state index in [9.17, 15) is 9.59 Å². The minimum Gasteiger partial charge on any atom is -0.340 e. The van der Waals surface area contributed by atoms with Crippen LogP contribution in [0.1, 0.15) is 42.9 Å². The predicted octanol–water partition coefficient (Wildman–Crippen LogP) is 1.92. The third-order valence-electron chi connectivity index (χ3n) is 8.09. The molecule has 2 aromatic heterocycles. The van der Waals surface area contributed by atoms with E-state index >= 15 is 0 Å². The molecule has 1 aliphatic carbocycles. The molecule has 0 spiro atoms. The number of pyridine rings is 1. The molecule has 0 unspecified atom stereocenters. The number of rotatable bonds is 4. The highest BCUT2D eigenvalue weighted by molar-refractivity contribution is 5.76. The quantitative estimate of drug-likeness (QED) is 0.757. The van der Waals surface area contributed by atoms with Crippen LogP contribution in [0.15, 0.2) is 35.4 Å². The van der Waals surface area contributed by atoms with E-state index in [0.29, 0.717) is 12.5 Å². The average Bonchev–Trinajstić information content (AvgIpc) is 3.48. The molecule has 4 aliphatic rings. The Hall–Kier alpha value is -2.41. The molecular weight excluding hydrogens is 390 g/mol. The molecule has 3 fully saturated rings. The van der Waals surface area contributed by atoms with Gasteiger partial charge in [0.05, 0.1) is 0 Å².